The van der Waals surface area contributed by atoms with Gasteiger partial charge in [-0.05, 0) is 49.1 Å². The summed E-state index contributed by atoms with van der Waals surface area (Å²) in [6.45, 7) is 2.86. The summed E-state index contributed by atoms with van der Waals surface area (Å²) in [7, 11) is 0. The zero-order valence-electron chi connectivity index (χ0n) is 15.4. The van der Waals surface area contributed by atoms with E-state index < -0.39 is 0 Å². The van der Waals surface area contributed by atoms with Crippen LogP contribution in [0, 0.1) is 5.92 Å². The summed E-state index contributed by atoms with van der Waals surface area (Å²) in [4.78, 5) is 5.93. The molecule has 0 spiro atoms. The third-order valence-electron chi connectivity index (χ3n) is 5.37. The number of hydrogen-bond acceptors (Lipinski definition) is 2. The van der Waals surface area contributed by atoms with Gasteiger partial charge in [0.25, 0.3) is 0 Å². The normalized spacial score (nSPS) is 22.8. The smallest absolute Gasteiger partial charge is 0.0491 e. The summed E-state index contributed by atoms with van der Waals surface area (Å²) in [6, 6.07) is 0. The minimum Gasteiger partial charge on any atom is -0.0940 e. The van der Waals surface area contributed by atoms with Crippen molar-refractivity contribution in [1.82, 2.24) is 0 Å². The number of azide groups is 2. The van der Waals surface area contributed by atoms with E-state index in [0.717, 1.165) is 44.4 Å². The molecule has 0 aromatic heterocycles. The molecule has 0 saturated heterocycles. The minimum absolute atomic E-state index is 0.102. The highest BCUT2D eigenvalue weighted by molar-refractivity contribution is 4.96. The van der Waals surface area contributed by atoms with Gasteiger partial charge in [-0.3, -0.25) is 0 Å². The van der Waals surface area contributed by atoms with Crippen molar-refractivity contribution >= 4 is 0 Å². The zero-order valence-corrected chi connectivity index (χ0v) is 15.4. The van der Waals surface area contributed by atoms with E-state index in [2.05, 4.69) is 27.0 Å². The third kappa shape index (κ3) is 8.47. The van der Waals surface area contributed by atoms with Crippen LogP contribution in [0.2, 0.25) is 0 Å². The monoisotopic (exact) mass is 334 g/mol. The maximum absolute atomic E-state index is 8.97. The first kappa shape index (κ1) is 20.7. The van der Waals surface area contributed by atoms with Crippen molar-refractivity contribution in [3.63, 3.8) is 0 Å². The maximum atomic E-state index is 8.97. The molecule has 0 heterocycles. The number of hydrogen-bond donors (Lipinski definition) is 0. The van der Waals surface area contributed by atoms with Gasteiger partial charge in [0.2, 0.25) is 0 Å². The molecule has 6 heteroatoms. The second-order valence-corrected chi connectivity index (χ2v) is 7.34. The second kappa shape index (κ2) is 13.0. The fraction of sp³-hybridized carbons (Fsp3) is 1.00. The molecule has 1 aliphatic carbocycles. The van der Waals surface area contributed by atoms with Crippen molar-refractivity contribution in [2.45, 2.75) is 102 Å². The first-order valence-corrected chi connectivity index (χ1v) is 9.83. The molecular weight excluding hydrogens is 300 g/mol. The van der Waals surface area contributed by atoms with Crippen LogP contribution in [0.15, 0.2) is 10.2 Å². The molecule has 2 unspecified atom stereocenters. The van der Waals surface area contributed by atoms with Gasteiger partial charge < -0.3 is 0 Å². The van der Waals surface area contributed by atoms with Crippen LogP contribution in [0.5, 0.6) is 0 Å². The molecule has 0 N–H and O–H groups in total. The Morgan fingerprint density at radius 1 is 0.958 bits per heavy atom. The number of rotatable bonds is 14. The molecule has 1 aliphatic rings. The van der Waals surface area contributed by atoms with Crippen molar-refractivity contribution < 1.29 is 0 Å². The van der Waals surface area contributed by atoms with Gasteiger partial charge in [-0.2, -0.15) is 0 Å². The van der Waals surface area contributed by atoms with E-state index in [1.165, 1.54) is 51.4 Å². The molecule has 6 nitrogen and oxygen atoms in total. The van der Waals surface area contributed by atoms with Crippen LogP contribution >= 0.6 is 0 Å². The lowest BCUT2D eigenvalue weighted by Crippen LogP contribution is -2.21. The van der Waals surface area contributed by atoms with Crippen molar-refractivity contribution in [2.75, 3.05) is 6.54 Å². The largest absolute Gasteiger partial charge is 0.0940 e. The van der Waals surface area contributed by atoms with Gasteiger partial charge in [-0.25, -0.2) is 0 Å². The first-order chi connectivity index (χ1) is 11.8. The lowest BCUT2D eigenvalue weighted by molar-refractivity contribution is 0.357. The van der Waals surface area contributed by atoms with Gasteiger partial charge in [0, 0.05) is 21.9 Å². The van der Waals surface area contributed by atoms with E-state index in [-0.39, 0.29) is 5.54 Å². The second-order valence-electron chi connectivity index (χ2n) is 7.34. The van der Waals surface area contributed by atoms with E-state index >= 15 is 0 Å². The van der Waals surface area contributed by atoms with Crippen molar-refractivity contribution in [2.24, 2.45) is 16.1 Å². The van der Waals surface area contributed by atoms with Gasteiger partial charge >= 0.3 is 0 Å². The quantitative estimate of drug-likeness (QED) is 0.136. The third-order valence-corrected chi connectivity index (χ3v) is 5.37. The summed E-state index contributed by atoms with van der Waals surface area (Å²) in [6.07, 6.45) is 16.7. The number of unbranched alkanes of at least 4 members (excludes halogenated alkanes) is 7. The summed E-state index contributed by atoms with van der Waals surface area (Å²) < 4.78 is 0. The molecule has 136 valence electrons. The molecule has 0 aromatic carbocycles. The van der Waals surface area contributed by atoms with Crippen LogP contribution in [-0.2, 0) is 0 Å². The highest BCUT2D eigenvalue weighted by Gasteiger charge is 2.37. The fourth-order valence-corrected chi connectivity index (χ4v) is 3.99. The zero-order chi connectivity index (χ0) is 17.5. The molecule has 24 heavy (non-hydrogen) atoms. The molecule has 0 aromatic rings. The molecule has 0 bridgehead atoms. The average Bonchev–Trinajstić information content (AvgIpc) is 2.98. The van der Waals surface area contributed by atoms with Crippen LogP contribution in [0.4, 0.5) is 0 Å². The Labute approximate surface area is 146 Å². The van der Waals surface area contributed by atoms with Crippen LogP contribution < -0.4 is 0 Å². The van der Waals surface area contributed by atoms with Crippen molar-refractivity contribution in [3.05, 3.63) is 20.9 Å². The highest BCUT2D eigenvalue weighted by Crippen LogP contribution is 2.43. The molecule has 1 saturated carbocycles. The summed E-state index contributed by atoms with van der Waals surface area (Å²) >= 11 is 0. The van der Waals surface area contributed by atoms with Gasteiger partial charge in [0.15, 0.2) is 0 Å². The maximum Gasteiger partial charge on any atom is 0.0491 e. The Morgan fingerprint density at radius 2 is 1.71 bits per heavy atom. The SMILES string of the molecule is CCCCCCC1CCC(CCCCCCCN=[N+]=[N-])(N=[N+]=[N-])C1. The Balaban J connectivity index is 2.23. The predicted molar refractivity (Wildman–Crippen MR) is 99.7 cm³/mol. The van der Waals surface area contributed by atoms with Crippen LogP contribution in [0.25, 0.3) is 20.9 Å². The van der Waals surface area contributed by atoms with E-state index in [1.54, 1.807) is 0 Å². The lowest BCUT2D eigenvalue weighted by Gasteiger charge is -2.23. The molecule has 0 radical (unpaired) electrons. The van der Waals surface area contributed by atoms with Crippen LogP contribution in [0.1, 0.15) is 96.8 Å². The molecule has 1 fully saturated rings. The van der Waals surface area contributed by atoms with Crippen molar-refractivity contribution in [3.8, 4) is 0 Å². The first-order valence-electron chi connectivity index (χ1n) is 9.83. The molecular formula is C18H34N6. The van der Waals surface area contributed by atoms with E-state index in [0.29, 0.717) is 6.54 Å². The molecule has 0 aliphatic heterocycles. The van der Waals surface area contributed by atoms with Gasteiger partial charge in [0.1, 0.15) is 0 Å². The van der Waals surface area contributed by atoms with E-state index in [9.17, 15) is 0 Å². The van der Waals surface area contributed by atoms with Gasteiger partial charge in [-0.1, -0.05) is 74.9 Å². The average molecular weight is 335 g/mol. The Hall–Kier alpha value is -1.38. The standard InChI is InChI=1S/C18H34N6/c1-2-3-4-8-11-17-12-14-18(16-17,22-24-20)13-9-6-5-7-10-15-21-23-19/h17H,2-16H2,1H3. The van der Waals surface area contributed by atoms with Crippen molar-refractivity contribution in [1.29, 1.82) is 0 Å². The Bertz CT molecular complexity index is 425. The topological polar surface area (TPSA) is 97.5 Å². The lowest BCUT2D eigenvalue weighted by atomic mass is 9.89. The summed E-state index contributed by atoms with van der Waals surface area (Å²) in [5, 5.41) is 7.79. The fourth-order valence-electron chi connectivity index (χ4n) is 3.99. The highest BCUT2D eigenvalue weighted by atomic mass is 15.2. The Morgan fingerprint density at radius 3 is 2.46 bits per heavy atom. The van der Waals surface area contributed by atoms with E-state index in [1.807, 2.05) is 0 Å². The minimum atomic E-state index is -0.102. The number of nitrogens with zero attached hydrogens (tertiary/aromatic N) is 6. The van der Waals surface area contributed by atoms with Crippen LogP contribution in [-0.4, -0.2) is 12.1 Å². The summed E-state index contributed by atoms with van der Waals surface area (Å²) in [5.41, 5.74) is 17.1. The van der Waals surface area contributed by atoms with Gasteiger partial charge in [0.05, 0.1) is 0 Å². The molecule has 1 rings (SSSR count). The van der Waals surface area contributed by atoms with Gasteiger partial charge in [-0.15, -0.1) is 0 Å². The molecule has 2 atom stereocenters. The predicted octanol–water partition coefficient (Wildman–Crippen LogP) is 7.46. The molecule has 0 amide bonds. The van der Waals surface area contributed by atoms with E-state index in [4.69, 9.17) is 11.1 Å². The Kier molecular flexibility index (Phi) is 11.2. The van der Waals surface area contributed by atoms with Crippen LogP contribution in [0.3, 0.4) is 0 Å². The summed E-state index contributed by atoms with van der Waals surface area (Å²) in [5.74, 6) is 0.760.